The van der Waals surface area contributed by atoms with Crippen LogP contribution in [0.15, 0.2) is 18.2 Å². The quantitative estimate of drug-likeness (QED) is 0.891. The average molecular weight is 294 g/mol. The van der Waals surface area contributed by atoms with Gasteiger partial charge in [0.25, 0.3) is 0 Å². The van der Waals surface area contributed by atoms with E-state index in [4.69, 9.17) is 16.3 Å². The average Bonchev–Trinajstić information content (AvgIpc) is 3.06. The van der Waals surface area contributed by atoms with Crippen molar-refractivity contribution in [3.63, 3.8) is 0 Å². The smallest absolute Gasteiger partial charge is 0.138 e. The molecule has 20 heavy (non-hydrogen) atoms. The zero-order valence-electron chi connectivity index (χ0n) is 12.3. The molecule has 1 unspecified atom stereocenters. The van der Waals surface area contributed by atoms with Gasteiger partial charge in [-0.25, -0.2) is 0 Å². The predicted octanol–water partition coefficient (Wildman–Crippen LogP) is 4.34. The van der Waals surface area contributed by atoms with E-state index in [2.05, 4.69) is 18.3 Å². The van der Waals surface area contributed by atoms with Gasteiger partial charge in [-0.3, -0.25) is 0 Å². The first-order valence-electron chi connectivity index (χ1n) is 7.83. The third-order valence-electron chi connectivity index (χ3n) is 4.75. The lowest BCUT2D eigenvalue weighted by molar-refractivity contribution is 0.0514. The molecule has 2 nitrogen and oxygen atoms in total. The van der Waals surface area contributed by atoms with E-state index in [1.807, 2.05) is 12.1 Å². The van der Waals surface area contributed by atoms with Gasteiger partial charge in [-0.15, -0.1) is 0 Å². The Hall–Kier alpha value is -0.730. The Morgan fingerprint density at radius 1 is 1.35 bits per heavy atom. The van der Waals surface area contributed by atoms with Gasteiger partial charge in [0.05, 0.1) is 5.02 Å². The van der Waals surface area contributed by atoms with Crippen LogP contribution in [0.4, 0.5) is 0 Å². The van der Waals surface area contributed by atoms with Gasteiger partial charge in [0.2, 0.25) is 0 Å². The lowest BCUT2D eigenvalue weighted by Gasteiger charge is -2.33. The van der Waals surface area contributed by atoms with Crippen molar-refractivity contribution in [1.29, 1.82) is 0 Å². The first-order valence-corrected chi connectivity index (χ1v) is 8.21. The van der Waals surface area contributed by atoms with Gasteiger partial charge in [-0.2, -0.15) is 0 Å². The van der Waals surface area contributed by atoms with Crippen LogP contribution in [-0.4, -0.2) is 18.7 Å². The summed E-state index contributed by atoms with van der Waals surface area (Å²) >= 11 is 6.35. The van der Waals surface area contributed by atoms with Gasteiger partial charge in [0, 0.05) is 0 Å². The van der Waals surface area contributed by atoms with E-state index < -0.39 is 0 Å². The second-order valence-electron chi connectivity index (χ2n) is 6.49. The summed E-state index contributed by atoms with van der Waals surface area (Å²) < 4.78 is 6.45. The molecule has 1 aromatic rings. The van der Waals surface area contributed by atoms with Crippen molar-refractivity contribution >= 4 is 11.6 Å². The van der Waals surface area contributed by atoms with E-state index in [0.29, 0.717) is 0 Å². The topological polar surface area (TPSA) is 21.3 Å². The molecule has 1 saturated heterocycles. The zero-order chi connectivity index (χ0) is 14.0. The van der Waals surface area contributed by atoms with Gasteiger partial charge >= 0.3 is 0 Å². The van der Waals surface area contributed by atoms with Crippen LogP contribution in [0.25, 0.3) is 0 Å². The molecule has 0 spiro atoms. The summed E-state index contributed by atoms with van der Waals surface area (Å²) in [6, 6.07) is 6.11. The van der Waals surface area contributed by atoms with Crippen LogP contribution in [0.1, 0.15) is 44.1 Å². The largest absolute Gasteiger partial charge is 0.486 e. The van der Waals surface area contributed by atoms with E-state index in [-0.39, 0.29) is 5.60 Å². The molecule has 1 aromatic carbocycles. The molecule has 1 aliphatic heterocycles. The fraction of sp³-hybridized carbons (Fsp3) is 0.647. The van der Waals surface area contributed by atoms with Gasteiger partial charge < -0.3 is 10.1 Å². The number of hydrogen-bond acceptors (Lipinski definition) is 2. The highest BCUT2D eigenvalue weighted by Crippen LogP contribution is 2.42. The van der Waals surface area contributed by atoms with E-state index in [0.717, 1.165) is 29.8 Å². The molecule has 3 heteroatoms. The summed E-state index contributed by atoms with van der Waals surface area (Å²) in [5.41, 5.74) is 1.21. The van der Waals surface area contributed by atoms with E-state index in [1.54, 1.807) is 0 Å². The molecule has 3 rings (SSSR count). The van der Waals surface area contributed by atoms with Crippen LogP contribution in [0, 0.1) is 12.8 Å². The predicted molar refractivity (Wildman–Crippen MR) is 83.6 cm³/mol. The maximum Gasteiger partial charge on any atom is 0.138 e. The molecule has 0 aromatic heterocycles. The van der Waals surface area contributed by atoms with Crippen LogP contribution in [0.2, 0.25) is 5.02 Å². The van der Waals surface area contributed by atoms with Gasteiger partial charge in [-0.05, 0) is 82.2 Å². The third-order valence-corrected chi connectivity index (χ3v) is 5.05. The van der Waals surface area contributed by atoms with Crippen LogP contribution in [-0.2, 0) is 0 Å². The highest BCUT2D eigenvalue weighted by atomic mass is 35.5. The maximum atomic E-state index is 6.45. The fourth-order valence-corrected chi connectivity index (χ4v) is 3.98. The molecule has 2 aliphatic rings. The first kappa shape index (κ1) is 14.2. The summed E-state index contributed by atoms with van der Waals surface area (Å²) in [7, 11) is 0. The van der Waals surface area contributed by atoms with Crippen LogP contribution < -0.4 is 10.1 Å². The van der Waals surface area contributed by atoms with E-state index in [9.17, 15) is 0 Å². The standard InChI is InChI=1S/C17H24ClNO/c1-13-4-5-16(15(18)10-13)20-17(7-2-3-8-17)11-14-6-9-19-12-14/h4-5,10,14,19H,2-3,6-9,11-12H2,1H3. The van der Waals surface area contributed by atoms with Crippen LogP contribution in [0.5, 0.6) is 5.75 Å². The lowest BCUT2D eigenvalue weighted by atomic mass is 9.88. The van der Waals surface area contributed by atoms with Crippen molar-refractivity contribution < 1.29 is 4.74 Å². The Bertz CT molecular complexity index is 462. The highest BCUT2D eigenvalue weighted by molar-refractivity contribution is 6.32. The second-order valence-corrected chi connectivity index (χ2v) is 6.90. The Morgan fingerprint density at radius 3 is 2.80 bits per heavy atom. The fourth-order valence-electron chi connectivity index (χ4n) is 3.70. The minimum atomic E-state index is 0.0234. The minimum absolute atomic E-state index is 0.0234. The monoisotopic (exact) mass is 293 g/mol. The number of halogens is 1. The van der Waals surface area contributed by atoms with Crippen molar-refractivity contribution in [2.24, 2.45) is 5.92 Å². The number of ether oxygens (including phenoxy) is 1. The Balaban J connectivity index is 1.76. The summed E-state index contributed by atoms with van der Waals surface area (Å²) in [6.45, 7) is 4.37. The molecule has 1 atom stereocenters. The van der Waals surface area contributed by atoms with Crippen molar-refractivity contribution in [3.05, 3.63) is 28.8 Å². The van der Waals surface area contributed by atoms with Gasteiger partial charge in [-0.1, -0.05) is 17.7 Å². The summed E-state index contributed by atoms with van der Waals surface area (Å²) in [5.74, 6) is 1.63. The molecule has 2 fully saturated rings. The minimum Gasteiger partial charge on any atom is -0.486 e. The molecule has 1 heterocycles. The number of nitrogens with one attached hydrogen (secondary N) is 1. The molecule has 1 N–H and O–H groups in total. The Kier molecular flexibility index (Phi) is 4.23. The molecule has 0 bridgehead atoms. The molecule has 0 radical (unpaired) electrons. The molecule has 1 aliphatic carbocycles. The highest BCUT2D eigenvalue weighted by Gasteiger charge is 2.39. The molecule has 1 saturated carbocycles. The maximum absolute atomic E-state index is 6.45. The van der Waals surface area contributed by atoms with E-state index in [1.165, 1.54) is 44.1 Å². The number of aryl methyl sites for hydroxylation is 1. The Labute approximate surface area is 126 Å². The molecule has 0 amide bonds. The van der Waals surface area contributed by atoms with E-state index >= 15 is 0 Å². The normalized spacial score (nSPS) is 25.0. The summed E-state index contributed by atoms with van der Waals surface area (Å²) in [5, 5.41) is 4.22. The SMILES string of the molecule is Cc1ccc(OC2(CC3CCNC3)CCCC2)c(Cl)c1. The molecular weight excluding hydrogens is 270 g/mol. The zero-order valence-corrected chi connectivity index (χ0v) is 13.0. The van der Waals surface area contributed by atoms with Gasteiger partial charge in [0.15, 0.2) is 0 Å². The van der Waals surface area contributed by atoms with Gasteiger partial charge in [0.1, 0.15) is 11.4 Å². The summed E-state index contributed by atoms with van der Waals surface area (Å²) in [6.07, 6.45) is 7.37. The van der Waals surface area contributed by atoms with Crippen molar-refractivity contribution in [2.45, 2.75) is 51.0 Å². The van der Waals surface area contributed by atoms with Crippen molar-refractivity contribution in [3.8, 4) is 5.75 Å². The number of benzene rings is 1. The summed E-state index contributed by atoms with van der Waals surface area (Å²) in [4.78, 5) is 0. The van der Waals surface area contributed by atoms with Crippen molar-refractivity contribution in [2.75, 3.05) is 13.1 Å². The third kappa shape index (κ3) is 3.12. The second kappa shape index (κ2) is 5.95. The molecule has 110 valence electrons. The molecular formula is C17H24ClNO. The number of hydrogen-bond donors (Lipinski definition) is 1. The van der Waals surface area contributed by atoms with Crippen molar-refractivity contribution in [1.82, 2.24) is 5.32 Å². The van der Waals surface area contributed by atoms with Crippen LogP contribution in [0.3, 0.4) is 0 Å². The lowest BCUT2D eigenvalue weighted by Crippen LogP contribution is -2.35. The Morgan fingerprint density at radius 2 is 2.15 bits per heavy atom. The van der Waals surface area contributed by atoms with Crippen LogP contribution >= 0.6 is 11.6 Å². The number of rotatable bonds is 4. The first-order chi connectivity index (χ1) is 9.67.